The summed E-state index contributed by atoms with van der Waals surface area (Å²) in [5.74, 6) is 1.59. The minimum atomic E-state index is 0.562. The molecule has 0 unspecified atom stereocenters. The minimum Gasteiger partial charge on any atom is -0.492 e. The zero-order valence-corrected chi connectivity index (χ0v) is 16.5. The summed E-state index contributed by atoms with van der Waals surface area (Å²) in [5, 5.41) is 6.50. The topological polar surface area (TPSA) is 63.0 Å². The SMILES string of the molecule is CN=C(NCCOc1ccc(C)cc1)NCc1cn2cc(Br)ccc2n1. The Morgan fingerprint density at radius 3 is 2.73 bits per heavy atom. The number of nitrogens with one attached hydrogen (secondary N) is 2. The van der Waals surface area contributed by atoms with E-state index in [1.807, 2.05) is 53.2 Å². The summed E-state index contributed by atoms with van der Waals surface area (Å²) >= 11 is 3.47. The molecule has 1 aromatic carbocycles. The predicted molar refractivity (Wildman–Crippen MR) is 108 cm³/mol. The second-order valence-electron chi connectivity index (χ2n) is 5.86. The Bertz CT molecular complexity index is 889. The monoisotopic (exact) mass is 415 g/mol. The summed E-state index contributed by atoms with van der Waals surface area (Å²) in [7, 11) is 1.75. The number of benzene rings is 1. The Hall–Kier alpha value is -2.54. The lowest BCUT2D eigenvalue weighted by Crippen LogP contribution is -2.38. The van der Waals surface area contributed by atoms with E-state index in [0.717, 1.165) is 27.5 Å². The van der Waals surface area contributed by atoms with E-state index in [9.17, 15) is 0 Å². The summed E-state index contributed by atoms with van der Waals surface area (Å²) < 4.78 is 8.72. The fourth-order valence-electron chi connectivity index (χ4n) is 2.47. The molecule has 0 saturated carbocycles. The lowest BCUT2D eigenvalue weighted by molar-refractivity contribution is 0.322. The highest BCUT2D eigenvalue weighted by molar-refractivity contribution is 9.10. The Labute approximate surface area is 161 Å². The molecule has 0 bridgehead atoms. The number of aliphatic imine (C=N–C) groups is 1. The number of hydrogen-bond donors (Lipinski definition) is 2. The third-order valence-electron chi connectivity index (χ3n) is 3.81. The van der Waals surface area contributed by atoms with Crippen molar-refractivity contribution in [1.82, 2.24) is 20.0 Å². The molecule has 2 aromatic heterocycles. The predicted octanol–water partition coefficient (Wildman–Crippen LogP) is 3.15. The summed E-state index contributed by atoms with van der Waals surface area (Å²) in [4.78, 5) is 8.80. The van der Waals surface area contributed by atoms with E-state index in [1.54, 1.807) is 7.05 Å². The van der Waals surface area contributed by atoms with Crippen LogP contribution in [0.5, 0.6) is 5.75 Å². The van der Waals surface area contributed by atoms with Crippen molar-refractivity contribution >= 4 is 27.5 Å². The number of aromatic nitrogens is 2. The Balaban J connectivity index is 1.44. The van der Waals surface area contributed by atoms with E-state index >= 15 is 0 Å². The van der Waals surface area contributed by atoms with Crippen molar-refractivity contribution in [2.75, 3.05) is 20.2 Å². The highest BCUT2D eigenvalue weighted by Crippen LogP contribution is 2.12. The number of nitrogens with zero attached hydrogens (tertiary/aromatic N) is 3. The van der Waals surface area contributed by atoms with E-state index in [2.05, 4.69) is 43.5 Å². The van der Waals surface area contributed by atoms with E-state index < -0.39 is 0 Å². The molecule has 136 valence electrons. The average Bonchev–Trinajstić information content (AvgIpc) is 3.04. The largest absolute Gasteiger partial charge is 0.492 e. The van der Waals surface area contributed by atoms with Gasteiger partial charge in [0.25, 0.3) is 0 Å². The number of rotatable bonds is 6. The molecule has 0 spiro atoms. The van der Waals surface area contributed by atoms with Crippen LogP contribution >= 0.6 is 15.9 Å². The van der Waals surface area contributed by atoms with Gasteiger partial charge in [0.2, 0.25) is 0 Å². The van der Waals surface area contributed by atoms with Gasteiger partial charge in [-0.25, -0.2) is 4.98 Å². The van der Waals surface area contributed by atoms with Crippen molar-refractivity contribution < 1.29 is 4.74 Å². The average molecular weight is 416 g/mol. The number of ether oxygens (including phenoxy) is 1. The molecule has 0 saturated heterocycles. The molecule has 3 rings (SSSR count). The van der Waals surface area contributed by atoms with Crippen LogP contribution in [0, 0.1) is 6.92 Å². The lowest BCUT2D eigenvalue weighted by Gasteiger charge is -2.11. The van der Waals surface area contributed by atoms with Crippen LogP contribution in [0.1, 0.15) is 11.3 Å². The number of pyridine rings is 1. The van der Waals surface area contributed by atoms with E-state index in [1.165, 1.54) is 5.56 Å². The van der Waals surface area contributed by atoms with Crippen LogP contribution in [0.3, 0.4) is 0 Å². The van der Waals surface area contributed by atoms with Crippen LogP contribution in [0.15, 0.2) is 58.3 Å². The van der Waals surface area contributed by atoms with E-state index in [0.29, 0.717) is 19.7 Å². The fraction of sp³-hybridized carbons (Fsp3) is 0.263. The molecule has 0 radical (unpaired) electrons. The summed E-state index contributed by atoms with van der Waals surface area (Å²) in [6.45, 7) is 3.87. The second-order valence-corrected chi connectivity index (χ2v) is 6.77. The van der Waals surface area contributed by atoms with Gasteiger partial charge in [0.15, 0.2) is 5.96 Å². The number of halogens is 1. The van der Waals surface area contributed by atoms with Crippen molar-refractivity contribution in [2.24, 2.45) is 4.99 Å². The van der Waals surface area contributed by atoms with Crippen LogP contribution < -0.4 is 15.4 Å². The highest BCUT2D eigenvalue weighted by Gasteiger charge is 2.04. The normalized spacial score (nSPS) is 11.6. The van der Waals surface area contributed by atoms with Gasteiger partial charge in [0.1, 0.15) is 18.0 Å². The maximum atomic E-state index is 5.70. The van der Waals surface area contributed by atoms with Gasteiger partial charge in [-0.05, 0) is 47.1 Å². The molecule has 2 N–H and O–H groups in total. The van der Waals surface area contributed by atoms with E-state index in [-0.39, 0.29) is 0 Å². The molecule has 2 heterocycles. The van der Waals surface area contributed by atoms with Gasteiger partial charge in [0, 0.05) is 23.9 Å². The van der Waals surface area contributed by atoms with Crippen molar-refractivity contribution in [2.45, 2.75) is 13.5 Å². The molecule has 0 amide bonds. The number of fused-ring (bicyclic) bond motifs is 1. The first-order valence-corrected chi connectivity index (χ1v) is 9.20. The molecule has 0 fully saturated rings. The van der Waals surface area contributed by atoms with E-state index in [4.69, 9.17) is 4.74 Å². The molecule has 0 aliphatic rings. The van der Waals surface area contributed by atoms with Crippen molar-refractivity contribution in [3.05, 3.63) is 64.5 Å². The standard InChI is InChI=1S/C19H22BrN5O/c1-14-3-6-17(7-4-14)26-10-9-22-19(21-2)23-11-16-13-25-12-15(20)5-8-18(25)24-16/h3-8,12-13H,9-11H2,1-2H3,(H2,21,22,23). The summed E-state index contributed by atoms with van der Waals surface area (Å²) in [6.07, 6.45) is 3.99. The van der Waals surface area contributed by atoms with Gasteiger partial charge in [0.05, 0.1) is 18.8 Å². The molecule has 3 aromatic rings. The van der Waals surface area contributed by atoms with Crippen LogP contribution in [-0.2, 0) is 6.54 Å². The number of imidazole rings is 1. The minimum absolute atomic E-state index is 0.562. The Kier molecular flexibility index (Phi) is 6.12. The van der Waals surface area contributed by atoms with Gasteiger partial charge in [-0.2, -0.15) is 0 Å². The highest BCUT2D eigenvalue weighted by atomic mass is 79.9. The molecule has 0 aliphatic carbocycles. The lowest BCUT2D eigenvalue weighted by atomic mass is 10.2. The van der Waals surface area contributed by atoms with Crippen LogP contribution in [0.2, 0.25) is 0 Å². The molecule has 6 nitrogen and oxygen atoms in total. The fourth-order valence-corrected chi connectivity index (χ4v) is 2.82. The first-order valence-electron chi connectivity index (χ1n) is 8.41. The maximum absolute atomic E-state index is 5.70. The van der Waals surface area contributed by atoms with Crippen molar-refractivity contribution in [1.29, 1.82) is 0 Å². The first kappa shape index (κ1) is 18.3. The van der Waals surface area contributed by atoms with Crippen LogP contribution in [0.25, 0.3) is 5.65 Å². The third-order valence-corrected chi connectivity index (χ3v) is 4.28. The number of hydrogen-bond acceptors (Lipinski definition) is 3. The molecule has 0 aliphatic heterocycles. The quantitative estimate of drug-likeness (QED) is 0.368. The number of guanidine groups is 1. The summed E-state index contributed by atoms with van der Waals surface area (Å²) in [6, 6.07) is 12.0. The Morgan fingerprint density at radius 2 is 1.96 bits per heavy atom. The van der Waals surface area contributed by atoms with Crippen LogP contribution in [0.4, 0.5) is 0 Å². The third kappa shape index (κ3) is 4.98. The smallest absolute Gasteiger partial charge is 0.191 e. The maximum Gasteiger partial charge on any atom is 0.191 e. The van der Waals surface area contributed by atoms with Gasteiger partial charge >= 0.3 is 0 Å². The Morgan fingerprint density at radius 1 is 1.15 bits per heavy atom. The molecular formula is C19H22BrN5O. The van der Waals surface area contributed by atoms with Gasteiger partial charge in [-0.3, -0.25) is 4.99 Å². The van der Waals surface area contributed by atoms with Crippen molar-refractivity contribution in [3.8, 4) is 5.75 Å². The van der Waals surface area contributed by atoms with Gasteiger partial charge in [-0.15, -0.1) is 0 Å². The molecule has 26 heavy (non-hydrogen) atoms. The van der Waals surface area contributed by atoms with Gasteiger partial charge < -0.3 is 19.8 Å². The first-order chi connectivity index (χ1) is 12.6. The molecule has 7 heteroatoms. The number of aryl methyl sites for hydroxylation is 1. The second kappa shape index (κ2) is 8.71. The zero-order chi connectivity index (χ0) is 18.4. The van der Waals surface area contributed by atoms with Gasteiger partial charge in [-0.1, -0.05) is 17.7 Å². The molecular weight excluding hydrogens is 394 g/mol. The zero-order valence-electron chi connectivity index (χ0n) is 14.9. The molecule has 0 atom stereocenters. The summed E-state index contributed by atoms with van der Waals surface area (Å²) in [5.41, 5.74) is 3.08. The van der Waals surface area contributed by atoms with Crippen molar-refractivity contribution in [3.63, 3.8) is 0 Å². The van der Waals surface area contributed by atoms with Crippen LogP contribution in [-0.4, -0.2) is 35.5 Å².